The summed E-state index contributed by atoms with van der Waals surface area (Å²) in [5.41, 5.74) is 2.41. The van der Waals surface area contributed by atoms with E-state index in [1.807, 2.05) is 13.2 Å². The first-order valence-corrected chi connectivity index (χ1v) is 6.23. The van der Waals surface area contributed by atoms with Gasteiger partial charge in [-0.2, -0.15) is 10.2 Å². The molecule has 3 rings (SSSR count). The Morgan fingerprint density at radius 1 is 1.30 bits per heavy atom. The zero-order valence-electron chi connectivity index (χ0n) is 11.0. The van der Waals surface area contributed by atoms with E-state index in [-0.39, 0.29) is 18.1 Å². The molecule has 0 atom stereocenters. The maximum absolute atomic E-state index is 12.8. The van der Waals surface area contributed by atoms with E-state index < -0.39 is 0 Å². The highest BCUT2D eigenvalue weighted by Gasteiger charge is 2.25. The van der Waals surface area contributed by atoms with E-state index in [1.165, 1.54) is 17.1 Å². The fraction of sp³-hybridized carbons (Fsp3) is 0.214. The Hall–Kier alpha value is -2.50. The summed E-state index contributed by atoms with van der Waals surface area (Å²) in [6.45, 7) is 0.350. The Labute approximate surface area is 115 Å². The van der Waals surface area contributed by atoms with Crippen LogP contribution >= 0.6 is 0 Å². The van der Waals surface area contributed by atoms with Crippen molar-refractivity contribution in [1.29, 1.82) is 0 Å². The van der Waals surface area contributed by atoms with Crippen LogP contribution in [0.5, 0.6) is 0 Å². The molecule has 0 unspecified atom stereocenters. The molecular weight excluding hydrogens is 259 g/mol. The van der Waals surface area contributed by atoms with Crippen molar-refractivity contribution in [1.82, 2.24) is 14.8 Å². The lowest BCUT2D eigenvalue weighted by Gasteiger charge is -2.11. The molecule has 0 spiro atoms. The third-order valence-electron chi connectivity index (χ3n) is 3.13. The van der Waals surface area contributed by atoms with Crippen molar-refractivity contribution in [2.24, 2.45) is 12.1 Å². The monoisotopic (exact) mass is 272 g/mol. The number of halogens is 1. The van der Waals surface area contributed by atoms with Gasteiger partial charge in [0.15, 0.2) is 0 Å². The van der Waals surface area contributed by atoms with Crippen LogP contribution in [0.2, 0.25) is 0 Å². The van der Waals surface area contributed by atoms with Gasteiger partial charge in [-0.15, -0.1) is 0 Å². The molecule has 6 heteroatoms. The minimum absolute atomic E-state index is 0.0619. The number of rotatable bonds is 3. The normalized spacial score (nSPS) is 14.8. The van der Waals surface area contributed by atoms with E-state index in [1.54, 1.807) is 23.0 Å². The number of hydrogen-bond donors (Lipinski definition) is 0. The fourth-order valence-electron chi connectivity index (χ4n) is 2.09. The van der Waals surface area contributed by atoms with Crippen LogP contribution in [0.1, 0.15) is 17.5 Å². The third kappa shape index (κ3) is 2.45. The zero-order chi connectivity index (χ0) is 14.1. The van der Waals surface area contributed by atoms with Gasteiger partial charge in [0.1, 0.15) is 5.82 Å². The van der Waals surface area contributed by atoms with Gasteiger partial charge in [-0.05, 0) is 17.7 Å². The minimum atomic E-state index is -0.291. The number of aromatic nitrogens is 2. The van der Waals surface area contributed by atoms with Crippen LogP contribution in [0.15, 0.2) is 41.8 Å². The standard InChI is InChI=1S/C14H13FN4O/c1-18-9-11(7-16-18)13-6-14(20)19(17-13)8-10-2-4-12(15)5-3-10/h2-5,7,9H,6,8H2,1H3. The molecule has 2 heterocycles. The van der Waals surface area contributed by atoms with Gasteiger partial charge in [0.05, 0.1) is 24.9 Å². The van der Waals surface area contributed by atoms with Gasteiger partial charge in [-0.1, -0.05) is 12.1 Å². The average molecular weight is 272 g/mol. The topological polar surface area (TPSA) is 50.5 Å². The van der Waals surface area contributed by atoms with Crippen molar-refractivity contribution in [2.75, 3.05) is 0 Å². The molecule has 1 aliphatic heterocycles. The van der Waals surface area contributed by atoms with Crippen molar-refractivity contribution in [3.05, 3.63) is 53.6 Å². The number of carbonyl (C=O) groups excluding carboxylic acids is 1. The number of hydrazone groups is 1. The predicted octanol–water partition coefficient (Wildman–Crippen LogP) is 1.70. The highest BCUT2D eigenvalue weighted by atomic mass is 19.1. The molecule has 1 aromatic heterocycles. The molecule has 0 bridgehead atoms. The minimum Gasteiger partial charge on any atom is -0.275 e. The summed E-state index contributed by atoms with van der Waals surface area (Å²) >= 11 is 0. The second kappa shape index (κ2) is 4.88. The number of carbonyl (C=O) groups is 1. The molecule has 5 nitrogen and oxygen atoms in total. The summed E-state index contributed by atoms with van der Waals surface area (Å²) in [6.07, 6.45) is 3.79. The molecule has 1 amide bonds. The quantitative estimate of drug-likeness (QED) is 0.853. The molecule has 0 N–H and O–H groups in total. The van der Waals surface area contributed by atoms with E-state index in [0.717, 1.165) is 11.1 Å². The van der Waals surface area contributed by atoms with E-state index in [0.29, 0.717) is 12.3 Å². The highest BCUT2D eigenvalue weighted by molar-refractivity contribution is 6.13. The summed E-state index contributed by atoms with van der Waals surface area (Å²) in [4.78, 5) is 11.9. The molecule has 0 fully saturated rings. The van der Waals surface area contributed by atoms with E-state index in [4.69, 9.17) is 0 Å². The van der Waals surface area contributed by atoms with Crippen LogP contribution in [-0.2, 0) is 18.4 Å². The Balaban J connectivity index is 1.78. The largest absolute Gasteiger partial charge is 0.275 e. The Kier molecular flexibility index (Phi) is 3.06. The van der Waals surface area contributed by atoms with Crippen molar-refractivity contribution in [3.63, 3.8) is 0 Å². The third-order valence-corrected chi connectivity index (χ3v) is 3.13. The lowest BCUT2D eigenvalue weighted by atomic mass is 10.1. The van der Waals surface area contributed by atoms with Gasteiger partial charge in [-0.25, -0.2) is 9.40 Å². The van der Waals surface area contributed by atoms with E-state index in [9.17, 15) is 9.18 Å². The summed E-state index contributed by atoms with van der Waals surface area (Å²) in [7, 11) is 1.82. The maximum atomic E-state index is 12.8. The summed E-state index contributed by atoms with van der Waals surface area (Å²) in [6, 6.07) is 6.06. The fourth-order valence-corrected chi connectivity index (χ4v) is 2.09. The van der Waals surface area contributed by atoms with Crippen LogP contribution in [0.25, 0.3) is 0 Å². The van der Waals surface area contributed by atoms with Crippen LogP contribution in [-0.4, -0.2) is 26.4 Å². The molecule has 0 saturated heterocycles. The van der Waals surface area contributed by atoms with Crippen molar-refractivity contribution in [2.45, 2.75) is 13.0 Å². The summed E-state index contributed by atoms with van der Waals surface area (Å²) in [5, 5.41) is 9.81. The van der Waals surface area contributed by atoms with Gasteiger partial charge in [0.25, 0.3) is 0 Å². The lowest BCUT2D eigenvalue weighted by Crippen LogP contribution is -2.20. The van der Waals surface area contributed by atoms with Gasteiger partial charge in [0, 0.05) is 18.8 Å². The SMILES string of the molecule is Cn1cc(C2=NN(Cc3ccc(F)cc3)C(=O)C2)cn1. The zero-order valence-corrected chi connectivity index (χ0v) is 11.0. The number of benzene rings is 1. The predicted molar refractivity (Wildman–Crippen MR) is 71.3 cm³/mol. The van der Waals surface area contributed by atoms with E-state index >= 15 is 0 Å². The van der Waals surface area contributed by atoms with Crippen LogP contribution < -0.4 is 0 Å². The molecule has 1 aliphatic rings. The second-order valence-electron chi connectivity index (χ2n) is 4.70. The number of nitrogens with zero attached hydrogens (tertiary/aromatic N) is 4. The number of aryl methyl sites for hydroxylation is 1. The van der Waals surface area contributed by atoms with Crippen LogP contribution in [0, 0.1) is 5.82 Å². The molecule has 0 aliphatic carbocycles. The molecule has 20 heavy (non-hydrogen) atoms. The molecule has 0 radical (unpaired) electrons. The van der Waals surface area contributed by atoms with Crippen molar-refractivity contribution < 1.29 is 9.18 Å². The smallest absolute Gasteiger partial charge is 0.249 e. The van der Waals surface area contributed by atoms with Crippen LogP contribution in [0.4, 0.5) is 4.39 Å². The van der Waals surface area contributed by atoms with Gasteiger partial charge >= 0.3 is 0 Å². The molecule has 2 aromatic rings. The maximum Gasteiger partial charge on any atom is 0.249 e. The summed E-state index contributed by atoms with van der Waals surface area (Å²) < 4.78 is 14.5. The Morgan fingerprint density at radius 3 is 2.70 bits per heavy atom. The van der Waals surface area contributed by atoms with E-state index in [2.05, 4.69) is 10.2 Å². The highest BCUT2D eigenvalue weighted by Crippen LogP contribution is 2.17. The molecule has 0 saturated carbocycles. The number of amides is 1. The lowest BCUT2D eigenvalue weighted by molar-refractivity contribution is -0.129. The second-order valence-corrected chi connectivity index (χ2v) is 4.70. The van der Waals surface area contributed by atoms with Crippen LogP contribution in [0.3, 0.4) is 0 Å². The molecule has 1 aromatic carbocycles. The Bertz CT molecular complexity index is 675. The van der Waals surface area contributed by atoms with Crippen molar-refractivity contribution in [3.8, 4) is 0 Å². The average Bonchev–Trinajstić information content (AvgIpc) is 3.00. The van der Waals surface area contributed by atoms with Crippen molar-refractivity contribution >= 4 is 11.6 Å². The first-order chi connectivity index (χ1) is 9.61. The van der Waals surface area contributed by atoms with Gasteiger partial charge in [-0.3, -0.25) is 9.48 Å². The Morgan fingerprint density at radius 2 is 2.05 bits per heavy atom. The first kappa shape index (κ1) is 12.5. The summed E-state index contributed by atoms with van der Waals surface area (Å²) in [5.74, 6) is -0.353. The molecule has 102 valence electrons. The molecular formula is C14H13FN4O. The van der Waals surface area contributed by atoms with Gasteiger partial charge < -0.3 is 0 Å². The first-order valence-electron chi connectivity index (χ1n) is 6.23. The number of hydrogen-bond acceptors (Lipinski definition) is 3. The van der Waals surface area contributed by atoms with Gasteiger partial charge in [0.2, 0.25) is 5.91 Å².